The topological polar surface area (TPSA) is 70.3 Å². The van der Waals surface area contributed by atoms with Crippen LogP contribution in [0.25, 0.3) is 0 Å². The Kier molecular flexibility index (Phi) is 4.04. The first-order valence-corrected chi connectivity index (χ1v) is 10.2. The molecule has 26 heavy (non-hydrogen) atoms. The highest BCUT2D eigenvalue weighted by Gasteiger charge is 2.64. The summed E-state index contributed by atoms with van der Waals surface area (Å²) in [6.07, 6.45) is 10.0. The summed E-state index contributed by atoms with van der Waals surface area (Å²) >= 11 is 0. The normalized spacial score (nSPS) is 49.9. The van der Waals surface area contributed by atoms with Crippen LogP contribution in [-0.2, 0) is 9.53 Å². The molecule has 7 atom stereocenters. The minimum absolute atomic E-state index is 0.0346. The number of carbonyl (C=O) groups is 1. The van der Waals surface area contributed by atoms with Gasteiger partial charge in [-0.05, 0) is 68.1 Å². The van der Waals surface area contributed by atoms with E-state index < -0.39 is 5.60 Å². The number of rotatable bonds is 1. The Morgan fingerprint density at radius 1 is 1.23 bits per heavy atom. The van der Waals surface area contributed by atoms with Crippen molar-refractivity contribution in [2.75, 3.05) is 0 Å². The number of hydrogen-bond acceptors (Lipinski definition) is 4. The second kappa shape index (κ2) is 5.83. The van der Waals surface area contributed by atoms with Crippen molar-refractivity contribution in [1.29, 1.82) is 5.26 Å². The first-order chi connectivity index (χ1) is 12.2. The molecular formula is C22H31NO3. The number of aliphatic hydroxyl groups is 1. The van der Waals surface area contributed by atoms with Gasteiger partial charge < -0.3 is 9.84 Å². The SMILES string of the molecule is CC(=O)OC1CC[C@@]2(C)C(=CC[C@@H]3[C@H]2CC[C@@]2(C)[C@H]3CCC2(O)C#N)C1. The summed E-state index contributed by atoms with van der Waals surface area (Å²) in [6.45, 7) is 6.06. The lowest BCUT2D eigenvalue weighted by molar-refractivity contribution is -0.149. The maximum Gasteiger partial charge on any atom is 0.302 e. The van der Waals surface area contributed by atoms with E-state index in [-0.39, 0.29) is 22.9 Å². The molecule has 0 spiro atoms. The first-order valence-electron chi connectivity index (χ1n) is 10.2. The molecule has 1 N–H and O–H groups in total. The van der Waals surface area contributed by atoms with Crippen molar-refractivity contribution in [2.24, 2.45) is 28.6 Å². The van der Waals surface area contributed by atoms with Crippen molar-refractivity contribution < 1.29 is 14.6 Å². The second-order valence-electron chi connectivity index (χ2n) is 9.70. The van der Waals surface area contributed by atoms with E-state index in [9.17, 15) is 15.2 Å². The molecule has 0 aromatic rings. The fraction of sp³-hybridized carbons (Fsp3) is 0.818. The molecule has 0 heterocycles. The van der Waals surface area contributed by atoms with Gasteiger partial charge in [0.1, 0.15) is 6.10 Å². The van der Waals surface area contributed by atoms with Crippen molar-refractivity contribution in [1.82, 2.24) is 0 Å². The van der Waals surface area contributed by atoms with Gasteiger partial charge in [-0.25, -0.2) is 0 Å². The largest absolute Gasteiger partial charge is 0.462 e. The van der Waals surface area contributed by atoms with Gasteiger partial charge in [-0.1, -0.05) is 25.5 Å². The Hall–Kier alpha value is -1.34. The molecule has 3 fully saturated rings. The molecule has 2 unspecified atom stereocenters. The van der Waals surface area contributed by atoms with E-state index in [2.05, 4.69) is 26.0 Å². The Morgan fingerprint density at radius 3 is 2.65 bits per heavy atom. The van der Waals surface area contributed by atoms with E-state index in [4.69, 9.17) is 4.74 Å². The Labute approximate surface area is 156 Å². The van der Waals surface area contributed by atoms with Crippen LogP contribution in [0.3, 0.4) is 0 Å². The average molecular weight is 357 g/mol. The number of hydrogen-bond donors (Lipinski definition) is 1. The van der Waals surface area contributed by atoms with E-state index in [1.54, 1.807) is 0 Å². The van der Waals surface area contributed by atoms with E-state index >= 15 is 0 Å². The summed E-state index contributed by atoms with van der Waals surface area (Å²) in [6, 6.07) is 2.26. The summed E-state index contributed by atoms with van der Waals surface area (Å²) < 4.78 is 5.50. The van der Waals surface area contributed by atoms with Crippen LogP contribution < -0.4 is 0 Å². The molecule has 4 aliphatic carbocycles. The zero-order valence-corrected chi connectivity index (χ0v) is 16.3. The zero-order valence-electron chi connectivity index (χ0n) is 16.3. The molecular weight excluding hydrogens is 326 g/mol. The number of nitriles is 1. The van der Waals surface area contributed by atoms with Gasteiger partial charge in [-0.3, -0.25) is 4.79 Å². The summed E-state index contributed by atoms with van der Waals surface area (Å²) in [4.78, 5) is 11.3. The molecule has 0 saturated heterocycles. The quantitative estimate of drug-likeness (QED) is 0.435. The minimum Gasteiger partial charge on any atom is -0.462 e. The predicted octanol–water partition coefficient (Wildman–Crippen LogP) is 4.14. The number of carbonyl (C=O) groups excluding carboxylic acids is 1. The molecule has 0 bridgehead atoms. The van der Waals surface area contributed by atoms with Crippen molar-refractivity contribution >= 4 is 5.97 Å². The van der Waals surface area contributed by atoms with Crippen LogP contribution in [0.5, 0.6) is 0 Å². The lowest BCUT2D eigenvalue weighted by Crippen LogP contribution is -2.54. The smallest absolute Gasteiger partial charge is 0.302 e. The maximum absolute atomic E-state index is 11.3. The summed E-state index contributed by atoms with van der Waals surface area (Å²) in [5, 5.41) is 20.5. The third-order valence-corrected chi connectivity index (χ3v) is 8.73. The summed E-state index contributed by atoms with van der Waals surface area (Å²) in [7, 11) is 0. The maximum atomic E-state index is 11.3. The third kappa shape index (κ3) is 2.32. The van der Waals surface area contributed by atoms with Gasteiger partial charge in [0.25, 0.3) is 0 Å². The van der Waals surface area contributed by atoms with Gasteiger partial charge in [-0.15, -0.1) is 0 Å². The second-order valence-corrected chi connectivity index (χ2v) is 9.70. The monoisotopic (exact) mass is 357 g/mol. The Balaban J connectivity index is 1.61. The third-order valence-electron chi connectivity index (χ3n) is 8.73. The van der Waals surface area contributed by atoms with Crippen LogP contribution in [0, 0.1) is 39.9 Å². The number of ether oxygens (including phenoxy) is 1. The number of nitrogens with zero attached hydrogens (tertiary/aromatic N) is 1. The van der Waals surface area contributed by atoms with Crippen LogP contribution in [0.1, 0.15) is 72.1 Å². The van der Waals surface area contributed by atoms with E-state index in [0.29, 0.717) is 24.2 Å². The standard InChI is InChI=1S/C22H31NO3/c1-14(24)26-16-6-9-20(2)15(12-16)4-5-17-18(20)7-10-21(3)19(17)8-11-22(21,25)13-23/h4,16-19,25H,5-12H2,1-3H3/t16?,17-,18-,19+,20+,21+,22?/m1/s1. The number of allylic oxidation sites excluding steroid dienone is 1. The fourth-order valence-corrected chi connectivity index (χ4v) is 7.16. The van der Waals surface area contributed by atoms with E-state index in [0.717, 1.165) is 44.9 Å². The zero-order chi connectivity index (χ0) is 18.7. The van der Waals surface area contributed by atoms with Gasteiger partial charge in [0.05, 0.1) is 6.07 Å². The Morgan fingerprint density at radius 2 is 1.96 bits per heavy atom. The van der Waals surface area contributed by atoms with E-state index in [1.807, 2.05) is 0 Å². The minimum atomic E-state index is -1.15. The average Bonchev–Trinajstić information content (AvgIpc) is 2.87. The lowest BCUT2D eigenvalue weighted by Gasteiger charge is -2.58. The number of fused-ring (bicyclic) bond motifs is 5. The van der Waals surface area contributed by atoms with Crippen molar-refractivity contribution in [3.63, 3.8) is 0 Å². The van der Waals surface area contributed by atoms with Crippen molar-refractivity contribution in [3.8, 4) is 6.07 Å². The molecule has 0 amide bonds. The molecule has 4 nitrogen and oxygen atoms in total. The van der Waals surface area contributed by atoms with Crippen LogP contribution in [-0.4, -0.2) is 22.8 Å². The molecule has 4 rings (SSSR count). The lowest BCUT2D eigenvalue weighted by atomic mass is 9.47. The Bertz CT molecular complexity index is 694. The predicted molar refractivity (Wildman–Crippen MR) is 97.8 cm³/mol. The van der Waals surface area contributed by atoms with Crippen molar-refractivity contribution in [2.45, 2.75) is 83.8 Å². The van der Waals surface area contributed by atoms with Crippen LogP contribution >= 0.6 is 0 Å². The first kappa shape index (κ1) is 18.0. The molecule has 4 heteroatoms. The number of esters is 1. The van der Waals surface area contributed by atoms with Crippen LogP contribution in [0.15, 0.2) is 11.6 Å². The molecule has 0 aromatic carbocycles. The highest BCUT2D eigenvalue weighted by atomic mass is 16.5. The van der Waals surface area contributed by atoms with Crippen molar-refractivity contribution in [3.05, 3.63) is 11.6 Å². The van der Waals surface area contributed by atoms with Gasteiger partial charge in [0.15, 0.2) is 5.60 Å². The highest BCUT2D eigenvalue weighted by Crippen LogP contribution is 2.67. The highest BCUT2D eigenvalue weighted by molar-refractivity contribution is 5.66. The van der Waals surface area contributed by atoms with E-state index in [1.165, 1.54) is 12.5 Å². The fourth-order valence-electron chi connectivity index (χ4n) is 7.16. The molecule has 0 aliphatic heterocycles. The molecule has 0 aromatic heterocycles. The molecule has 4 aliphatic rings. The summed E-state index contributed by atoms with van der Waals surface area (Å²) in [5.74, 6) is 1.45. The molecule has 0 radical (unpaired) electrons. The van der Waals surface area contributed by atoms with Crippen LogP contribution in [0.2, 0.25) is 0 Å². The summed E-state index contributed by atoms with van der Waals surface area (Å²) in [5.41, 5.74) is 0.252. The molecule has 3 saturated carbocycles. The van der Waals surface area contributed by atoms with Gasteiger partial charge in [0, 0.05) is 18.8 Å². The van der Waals surface area contributed by atoms with Gasteiger partial charge >= 0.3 is 5.97 Å². The van der Waals surface area contributed by atoms with Crippen LogP contribution in [0.4, 0.5) is 0 Å². The molecule has 142 valence electrons. The van der Waals surface area contributed by atoms with Gasteiger partial charge in [-0.2, -0.15) is 5.26 Å². The van der Waals surface area contributed by atoms with Gasteiger partial charge in [0.2, 0.25) is 0 Å².